The summed E-state index contributed by atoms with van der Waals surface area (Å²) in [6, 6.07) is 8.67. The number of hydrogen-bond donors (Lipinski definition) is 2. The summed E-state index contributed by atoms with van der Waals surface area (Å²) in [6.07, 6.45) is 0.892. The second-order valence-corrected chi connectivity index (χ2v) is 8.30. The average molecular weight is 418 g/mol. The van der Waals surface area contributed by atoms with Gasteiger partial charge in [-0.3, -0.25) is 9.59 Å². The average Bonchev–Trinajstić information content (AvgIpc) is 3.21. The largest absolute Gasteiger partial charge is 0.507 e. The van der Waals surface area contributed by atoms with Crippen molar-refractivity contribution in [1.29, 1.82) is 0 Å². The Labute approximate surface area is 174 Å². The van der Waals surface area contributed by atoms with E-state index in [-0.39, 0.29) is 23.1 Å². The summed E-state index contributed by atoms with van der Waals surface area (Å²) >= 11 is 1.36. The molecule has 0 atom stereocenters. The fourth-order valence-electron chi connectivity index (χ4n) is 3.10. The van der Waals surface area contributed by atoms with Gasteiger partial charge in [-0.25, -0.2) is 0 Å². The number of nitrogens with zero attached hydrogens (tertiary/aromatic N) is 2. The van der Waals surface area contributed by atoms with E-state index in [2.05, 4.69) is 10.2 Å². The highest BCUT2D eigenvalue weighted by Crippen LogP contribution is 2.32. The first-order valence-corrected chi connectivity index (χ1v) is 10.5. The lowest BCUT2D eigenvalue weighted by Crippen LogP contribution is -2.40. The molecule has 1 aromatic carbocycles. The minimum Gasteiger partial charge on any atom is -0.507 e. The van der Waals surface area contributed by atoms with Crippen molar-refractivity contribution in [3.63, 3.8) is 0 Å². The normalized spacial score (nSPS) is 14.2. The molecular weight excluding hydrogens is 390 g/mol. The van der Waals surface area contributed by atoms with Gasteiger partial charge in [0.2, 0.25) is 0 Å². The standard InChI is InChI=1S/C21H27N3O4S/c1-23(2)9-3-8-22-20(26)19-7-6-18(29-19)15-4-5-16(17(25)14-15)21(27)24-10-12-28-13-11-24/h4-7,14,25H,3,8-13H2,1-2H3,(H,22,26). The molecule has 2 N–H and O–H groups in total. The molecule has 2 heterocycles. The maximum Gasteiger partial charge on any atom is 0.261 e. The summed E-state index contributed by atoms with van der Waals surface area (Å²) in [5.74, 6) is -0.341. The number of nitrogens with one attached hydrogen (secondary N) is 1. The lowest BCUT2D eigenvalue weighted by atomic mass is 10.1. The Balaban J connectivity index is 1.64. The van der Waals surface area contributed by atoms with Crippen molar-refractivity contribution in [3.8, 4) is 16.2 Å². The number of ether oxygens (including phenoxy) is 1. The van der Waals surface area contributed by atoms with Crippen molar-refractivity contribution in [2.75, 3.05) is 53.5 Å². The Hall–Kier alpha value is -2.42. The van der Waals surface area contributed by atoms with Gasteiger partial charge in [0, 0.05) is 24.5 Å². The second kappa shape index (κ2) is 9.87. The summed E-state index contributed by atoms with van der Waals surface area (Å²) < 4.78 is 5.27. The third-order valence-electron chi connectivity index (χ3n) is 4.71. The number of thiophene rings is 1. The number of morpholine rings is 1. The number of carbonyl (C=O) groups excluding carboxylic acids is 2. The molecule has 156 valence electrons. The van der Waals surface area contributed by atoms with Gasteiger partial charge in [0.1, 0.15) is 5.75 Å². The fraction of sp³-hybridized carbons (Fsp3) is 0.429. The number of rotatable bonds is 7. The van der Waals surface area contributed by atoms with Gasteiger partial charge in [-0.1, -0.05) is 6.07 Å². The number of hydrogen-bond acceptors (Lipinski definition) is 6. The zero-order chi connectivity index (χ0) is 20.8. The quantitative estimate of drug-likeness (QED) is 0.676. The summed E-state index contributed by atoms with van der Waals surface area (Å²) in [5, 5.41) is 13.3. The van der Waals surface area contributed by atoms with Crippen LogP contribution in [0.1, 0.15) is 26.5 Å². The van der Waals surface area contributed by atoms with Crippen LogP contribution in [0.25, 0.3) is 10.4 Å². The molecule has 0 bridgehead atoms. The van der Waals surface area contributed by atoms with Crippen molar-refractivity contribution in [2.24, 2.45) is 0 Å². The van der Waals surface area contributed by atoms with Crippen LogP contribution in [0.4, 0.5) is 0 Å². The van der Waals surface area contributed by atoms with E-state index < -0.39 is 0 Å². The van der Waals surface area contributed by atoms with Crippen LogP contribution in [0.3, 0.4) is 0 Å². The predicted octanol–water partition coefficient (Wildman–Crippen LogP) is 2.27. The van der Waals surface area contributed by atoms with E-state index >= 15 is 0 Å². The van der Waals surface area contributed by atoms with Crippen LogP contribution in [0.15, 0.2) is 30.3 Å². The van der Waals surface area contributed by atoms with Gasteiger partial charge in [0.05, 0.1) is 23.7 Å². The van der Waals surface area contributed by atoms with Crippen molar-refractivity contribution in [1.82, 2.24) is 15.1 Å². The van der Waals surface area contributed by atoms with Gasteiger partial charge >= 0.3 is 0 Å². The number of amides is 2. The number of benzene rings is 1. The molecule has 0 unspecified atom stereocenters. The van der Waals surface area contributed by atoms with E-state index in [4.69, 9.17) is 4.74 Å². The Kier molecular flexibility index (Phi) is 7.24. The summed E-state index contributed by atoms with van der Waals surface area (Å²) in [6.45, 7) is 3.63. The topological polar surface area (TPSA) is 82.1 Å². The number of aromatic hydroxyl groups is 1. The van der Waals surface area contributed by atoms with Crippen molar-refractivity contribution < 1.29 is 19.4 Å². The SMILES string of the molecule is CN(C)CCCNC(=O)c1ccc(-c2ccc(C(=O)N3CCOCC3)c(O)c2)s1. The third kappa shape index (κ3) is 5.56. The molecule has 3 rings (SSSR count). The highest BCUT2D eigenvalue weighted by Gasteiger charge is 2.21. The number of phenols is 1. The van der Waals surface area contributed by atoms with Crippen LogP contribution in [0.2, 0.25) is 0 Å². The third-order valence-corrected chi connectivity index (χ3v) is 5.84. The first-order valence-electron chi connectivity index (χ1n) is 9.69. The predicted molar refractivity (Wildman–Crippen MR) is 114 cm³/mol. The van der Waals surface area contributed by atoms with E-state index in [1.165, 1.54) is 11.3 Å². The molecule has 0 saturated carbocycles. The lowest BCUT2D eigenvalue weighted by molar-refractivity contribution is 0.0301. The second-order valence-electron chi connectivity index (χ2n) is 7.21. The van der Waals surface area contributed by atoms with Gasteiger partial charge in [-0.15, -0.1) is 11.3 Å². The molecule has 1 saturated heterocycles. The van der Waals surface area contributed by atoms with Gasteiger partial charge in [0.25, 0.3) is 11.8 Å². The van der Waals surface area contributed by atoms with E-state index in [0.717, 1.165) is 23.4 Å². The molecular formula is C21H27N3O4S. The van der Waals surface area contributed by atoms with Crippen molar-refractivity contribution in [2.45, 2.75) is 6.42 Å². The van der Waals surface area contributed by atoms with Crippen molar-refractivity contribution >= 4 is 23.2 Å². The Bertz CT molecular complexity index is 859. The maximum absolute atomic E-state index is 12.6. The number of phenolic OH excluding ortho intramolecular Hbond substituents is 1. The van der Waals surface area contributed by atoms with Crippen LogP contribution in [0.5, 0.6) is 5.75 Å². The van der Waals surface area contributed by atoms with Crippen LogP contribution < -0.4 is 5.32 Å². The molecule has 29 heavy (non-hydrogen) atoms. The minimum atomic E-state index is -0.193. The van der Waals surface area contributed by atoms with Crippen LogP contribution in [-0.4, -0.2) is 80.2 Å². The molecule has 1 aliphatic heterocycles. The van der Waals surface area contributed by atoms with Crippen molar-refractivity contribution in [3.05, 3.63) is 40.8 Å². The molecule has 0 aliphatic carbocycles. The van der Waals surface area contributed by atoms with Gasteiger partial charge in [-0.2, -0.15) is 0 Å². The van der Waals surface area contributed by atoms with Gasteiger partial charge in [0.15, 0.2) is 0 Å². The first-order chi connectivity index (χ1) is 14.0. The number of carbonyl (C=O) groups is 2. The zero-order valence-electron chi connectivity index (χ0n) is 16.8. The van der Waals surface area contributed by atoms with Crippen LogP contribution >= 0.6 is 11.3 Å². The van der Waals surface area contributed by atoms with Crippen LogP contribution in [0, 0.1) is 0 Å². The Morgan fingerprint density at radius 2 is 1.97 bits per heavy atom. The molecule has 7 nitrogen and oxygen atoms in total. The summed E-state index contributed by atoms with van der Waals surface area (Å²) in [4.78, 5) is 30.1. The molecule has 1 aromatic heterocycles. The Morgan fingerprint density at radius 1 is 1.21 bits per heavy atom. The Morgan fingerprint density at radius 3 is 2.66 bits per heavy atom. The zero-order valence-corrected chi connectivity index (χ0v) is 17.6. The molecule has 0 spiro atoms. The van der Waals surface area contributed by atoms with E-state index in [1.54, 1.807) is 29.2 Å². The highest BCUT2D eigenvalue weighted by molar-refractivity contribution is 7.17. The molecule has 0 radical (unpaired) electrons. The summed E-state index contributed by atoms with van der Waals surface area (Å²) in [7, 11) is 4.01. The molecule has 2 aromatic rings. The monoisotopic (exact) mass is 417 g/mol. The highest BCUT2D eigenvalue weighted by atomic mass is 32.1. The van der Waals surface area contributed by atoms with Gasteiger partial charge < -0.3 is 25.0 Å². The minimum absolute atomic E-state index is 0.0536. The fourth-order valence-corrected chi connectivity index (χ4v) is 4.02. The smallest absolute Gasteiger partial charge is 0.261 e. The molecule has 1 fully saturated rings. The van der Waals surface area contributed by atoms with E-state index in [0.29, 0.717) is 37.7 Å². The van der Waals surface area contributed by atoms with E-state index in [9.17, 15) is 14.7 Å². The van der Waals surface area contributed by atoms with E-state index in [1.807, 2.05) is 20.2 Å². The molecule has 2 amide bonds. The lowest BCUT2D eigenvalue weighted by Gasteiger charge is -2.27. The maximum atomic E-state index is 12.6. The molecule has 8 heteroatoms. The van der Waals surface area contributed by atoms with Crippen LogP contribution in [-0.2, 0) is 4.74 Å². The van der Waals surface area contributed by atoms with Gasteiger partial charge in [-0.05, 0) is 56.9 Å². The summed E-state index contributed by atoms with van der Waals surface area (Å²) in [5.41, 5.74) is 1.06. The molecule has 1 aliphatic rings. The first kappa shape index (κ1) is 21.3.